The van der Waals surface area contributed by atoms with E-state index in [1.165, 1.54) is 18.7 Å². The highest BCUT2D eigenvalue weighted by Gasteiger charge is 2.36. The second kappa shape index (κ2) is 5.72. The van der Waals surface area contributed by atoms with Gasteiger partial charge in [0.2, 0.25) is 0 Å². The van der Waals surface area contributed by atoms with Gasteiger partial charge in [0.15, 0.2) is 0 Å². The van der Waals surface area contributed by atoms with E-state index < -0.39 is 11.5 Å². The molecule has 0 aliphatic rings. The zero-order valence-electron chi connectivity index (χ0n) is 10.7. The minimum Gasteiger partial charge on any atom is -0.480 e. The molecule has 94 valence electrons. The van der Waals surface area contributed by atoms with Crippen molar-refractivity contribution >= 4 is 12.0 Å². The van der Waals surface area contributed by atoms with Gasteiger partial charge in [-0.2, -0.15) is 0 Å². The summed E-state index contributed by atoms with van der Waals surface area (Å²) in [6.07, 6.45) is 0. The molecule has 0 unspecified atom stereocenters. The summed E-state index contributed by atoms with van der Waals surface area (Å²) in [4.78, 5) is 24.1. The second-order valence-electron chi connectivity index (χ2n) is 4.69. The number of urea groups is 1. The predicted octanol–water partition coefficient (Wildman–Crippen LogP) is 1.54. The van der Waals surface area contributed by atoms with Gasteiger partial charge in [-0.3, -0.25) is 0 Å². The van der Waals surface area contributed by atoms with Gasteiger partial charge in [-0.1, -0.05) is 13.8 Å². The highest BCUT2D eigenvalue weighted by Crippen LogP contribution is 2.14. The molecule has 0 spiro atoms. The molecular formula is C11H22N2O3. The van der Waals surface area contributed by atoms with Crippen molar-refractivity contribution in [3.63, 3.8) is 0 Å². The molecule has 0 saturated heterocycles. The Labute approximate surface area is 96.8 Å². The molecule has 0 bridgehead atoms. The maximum absolute atomic E-state index is 11.8. The van der Waals surface area contributed by atoms with E-state index >= 15 is 0 Å². The molecule has 0 aromatic carbocycles. The summed E-state index contributed by atoms with van der Waals surface area (Å²) in [5.74, 6) is -0.662. The van der Waals surface area contributed by atoms with E-state index in [1.807, 2.05) is 13.8 Å². The van der Waals surface area contributed by atoms with Crippen LogP contribution in [-0.4, -0.2) is 40.6 Å². The van der Waals surface area contributed by atoms with Gasteiger partial charge in [-0.05, 0) is 26.7 Å². The van der Waals surface area contributed by atoms with Gasteiger partial charge >= 0.3 is 12.0 Å². The van der Waals surface area contributed by atoms with Crippen LogP contribution in [0.15, 0.2) is 0 Å². The Hall–Kier alpha value is -1.26. The fourth-order valence-corrected chi connectivity index (χ4v) is 1.30. The van der Waals surface area contributed by atoms with Crippen molar-refractivity contribution in [3.05, 3.63) is 0 Å². The van der Waals surface area contributed by atoms with E-state index in [4.69, 9.17) is 5.11 Å². The zero-order chi connectivity index (χ0) is 12.9. The largest absolute Gasteiger partial charge is 0.480 e. The van der Waals surface area contributed by atoms with Crippen LogP contribution < -0.4 is 5.32 Å². The summed E-state index contributed by atoms with van der Waals surface area (Å²) in [7, 11) is 0. The first-order chi connectivity index (χ1) is 7.23. The van der Waals surface area contributed by atoms with Crippen LogP contribution in [0.5, 0.6) is 0 Å². The molecule has 2 amide bonds. The average Bonchev–Trinajstić information content (AvgIpc) is 2.15. The number of nitrogens with zero attached hydrogens (tertiary/aromatic N) is 1. The first-order valence-electron chi connectivity index (χ1n) is 5.52. The van der Waals surface area contributed by atoms with E-state index in [9.17, 15) is 9.59 Å². The van der Waals surface area contributed by atoms with Gasteiger partial charge in [0.05, 0.1) is 0 Å². The number of carboxylic acid groups (broad SMARTS) is 1. The van der Waals surface area contributed by atoms with E-state index in [2.05, 4.69) is 5.32 Å². The summed E-state index contributed by atoms with van der Waals surface area (Å²) in [6.45, 7) is 9.69. The molecule has 0 heterocycles. The van der Waals surface area contributed by atoms with Crippen molar-refractivity contribution < 1.29 is 14.7 Å². The van der Waals surface area contributed by atoms with Crippen LogP contribution >= 0.6 is 0 Å². The molecule has 0 aromatic heterocycles. The number of rotatable bonds is 5. The topological polar surface area (TPSA) is 69.6 Å². The minimum atomic E-state index is -1.18. The Morgan fingerprint density at radius 2 is 1.88 bits per heavy atom. The molecule has 5 nitrogen and oxygen atoms in total. The maximum Gasteiger partial charge on any atom is 0.329 e. The molecule has 0 rings (SSSR count). The predicted molar refractivity (Wildman–Crippen MR) is 62.3 cm³/mol. The van der Waals surface area contributed by atoms with Gasteiger partial charge in [0, 0.05) is 13.1 Å². The van der Waals surface area contributed by atoms with Crippen LogP contribution in [0.2, 0.25) is 0 Å². The number of carboxylic acids is 1. The van der Waals surface area contributed by atoms with Gasteiger partial charge in [0.1, 0.15) is 5.54 Å². The van der Waals surface area contributed by atoms with Crippen molar-refractivity contribution in [3.8, 4) is 0 Å². The van der Waals surface area contributed by atoms with Gasteiger partial charge in [-0.25, -0.2) is 9.59 Å². The van der Waals surface area contributed by atoms with Gasteiger partial charge in [-0.15, -0.1) is 0 Å². The zero-order valence-corrected chi connectivity index (χ0v) is 10.7. The first kappa shape index (κ1) is 14.7. The smallest absolute Gasteiger partial charge is 0.329 e. The number of carbonyl (C=O) groups is 2. The lowest BCUT2D eigenvalue weighted by molar-refractivity contribution is -0.147. The molecule has 0 radical (unpaired) electrons. The lowest BCUT2D eigenvalue weighted by atomic mass is 10.0. The van der Waals surface area contributed by atoms with E-state index in [1.54, 1.807) is 6.92 Å². The standard InChI is InChI=1S/C11H22N2O3/c1-6-13(11(4,5)9(14)15)10(16)12-7-8(2)3/h8H,6-7H2,1-5H3,(H,12,16)(H,14,15). The van der Waals surface area contributed by atoms with E-state index in [0.29, 0.717) is 19.0 Å². The molecule has 5 heteroatoms. The van der Waals surface area contributed by atoms with Crippen molar-refractivity contribution in [2.45, 2.75) is 40.2 Å². The van der Waals surface area contributed by atoms with Crippen molar-refractivity contribution in [2.24, 2.45) is 5.92 Å². The number of hydrogen-bond donors (Lipinski definition) is 2. The van der Waals surface area contributed by atoms with Gasteiger partial charge in [0.25, 0.3) is 0 Å². The van der Waals surface area contributed by atoms with Crippen molar-refractivity contribution in [2.75, 3.05) is 13.1 Å². The van der Waals surface area contributed by atoms with Crippen LogP contribution in [0.3, 0.4) is 0 Å². The number of hydrogen-bond acceptors (Lipinski definition) is 2. The Bertz CT molecular complexity index is 262. The molecule has 0 aliphatic heterocycles. The highest BCUT2D eigenvalue weighted by atomic mass is 16.4. The molecule has 2 N–H and O–H groups in total. The Balaban J connectivity index is 4.61. The van der Waals surface area contributed by atoms with E-state index in [0.717, 1.165) is 0 Å². The number of aliphatic carboxylic acids is 1. The summed E-state index contributed by atoms with van der Waals surface area (Å²) in [5, 5.41) is 11.8. The molecule has 0 aromatic rings. The molecule has 16 heavy (non-hydrogen) atoms. The summed E-state index contributed by atoms with van der Waals surface area (Å²) in [5.41, 5.74) is -1.18. The Morgan fingerprint density at radius 3 is 2.19 bits per heavy atom. The lowest BCUT2D eigenvalue weighted by Crippen LogP contribution is -2.56. The number of nitrogens with one attached hydrogen (secondary N) is 1. The molecule has 0 atom stereocenters. The third-order valence-electron chi connectivity index (χ3n) is 2.42. The Morgan fingerprint density at radius 1 is 1.38 bits per heavy atom. The van der Waals surface area contributed by atoms with Crippen LogP contribution in [-0.2, 0) is 4.79 Å². The summed E-state index contributed by atoms with van der Waals surface area (Å²) in [6, 6.07) is -0.330. The average molecular weight is 230 g/mol. The number of likely N-dealkylation sites (N-methyl/N-ethyl adjacent to an activating group) is 1. The number of amides is 2. The maximum atomic E-state index is 11.8. The molecule has 0 aliphatic carbocycles. The first-order valence-corrected chi connectivity index (χ1v) is 5.52. The molecular weight excluding hydrogens is 208 g/mol. The fraction of sp³-hybridized carbons (Fsp3) is 0.818. The lowest BCUT2D eigenvalue weighted by Gasteiger charge is -2.34. The van der Waals surface area contributed by atoms with Crippen LogP contribution in [0.25, 0.3) is 0 Å². The monoisotopic (exact) mass is 230 g/mol. The highest BCUT2D eigenvalue weighted by molar-refractivity contribution is 5.85. The summed E-state index contributed by atoms with van der Waals surface area (Å²) < 4.78 is 0. The number of carbonyl (C=O) groups excluding carboxylic acids is 1. The van der Waals surface area contributed by atoms with Crippen molar-refractivity contribution in [1.82, 2.24) is 10.2 Å². The minimum absolute atomic E-state index is 0.330. The fourth-order valence-electron chi connectivity index (χ4n) is 1.30. The summed E-state index contributed by atoms with van der Waals surface area (Å²) >= 11 is 0. The van der Waals surface area contributed by atoms with Crippen LogP contribution in [0.4, 0.5) is 4.79 Å². The van der Waals surface area contributed by atoms with Crippen LogP contribution in [0.1, 0.15) is 34.6 Å². The second-order valence-corrected chi connectivity index (χ2v) is 4.69. The molecule has 0 saturated carbocycles. The normalized spacial score (nSPS) is 11.4. The SMILES string of the molecule is CCN(C(=O)NCC(C)C)C(C)(C)C(=O)O. The van der Waals surface area contributed by atoms with E-state index in [-0.39, 0.29) is 6.03 Å². The van der Waals surface area contributed by atoms with Crippen molar-refractivity contribution in [1.29, 1.82) is 0 Å². The third kappa shape index (κ3) is 3.72. The molecule has 0 fully saturated rings. The Kier molecular flexibility index (Phi) is 5.27. The van der Waals surface area contributed by atoms with Gasteiger partial charge < -0.3 is 15.3 Å². The van der Waals surface area contributed by atoms with Crippen LogP contribution in [0, 0.1) is 5.92 Å². The quantitative estimate of drug-likeness (QED) is 0.752. The third-order valence-corrected chi connectivity index (χ3v) is 2.42.